The average Bonchev–Trinajstić information content (AvgIpc) is 2.34. The topological polar surface area (TPSA) is 70.3 Å². The Balaban J connectivity index is 3.13. The first-order valence-electron chi connectivity index (χ1n) is 6.10. The molecule has 0 aliphatic rings. The first-order chi connectivity index (χ1) is 9.18. The van der Waals surface area contributed by atoms with Crippen LogP contribution in [-0.2, 0) is 22.8 Å². The molecule has 20 heavy (non-hydrogen) atoms. The van der Waals surface area contributed by atoms with Crippen LogP contribution < -0.4 is 11.2 Å². The molecule has 108 valence electrons. The summed E-state index contributed by atoms with van der Waals surface area (Å²) in [6, 6.07) is 0. The SMILES string of the molecule is C#CCn1cc(C)c(=O)n(COC(=O)C(C)(C)C)c1=O. The summed E-state index contributed by atoms with van der Waals surface area (Å²) >= 11 is 0. The standard InChI is InChI=1S/C14H18N2O4/c1-6-7-15-8-10(2)11(17)16(13(15)19)9-20-12(18)14(3,4)5/h1,8H,7,9H2,2-5H3. The highest BCUT2D eigenvalue weighted by Crippen LogP contribution is 2.14. The summed E-state index contributed by atoms with van der Waals surface area (Å²) in [5, 5.41) is 0. The fourth-order valence-electron chi connectivity index (χ4n) is 1.46. The van der Waals surface area contributed by atoms with E-state index in [4.69, 9.17) is 11.2 Å². The fraction of sp³-hybridized carbons (Fsp3) is 0.500. The first-order valence-corrected chi connectivity index (χ1v) is 6.10. The van der Waals surface area contributed by atoms with Crippen molar-refractivity contribution in [2.75, 3.05) is 0 Å². The second-order valence-electron chi connectivity index (χ2n) is 5.47. The van der Waals surface area contributed by atoms with Crippen LogP contribution in [-0.4, -0.2) is 15.1 Å². The van der Waals surface area contributed by atoms with Crippen LogP contribution in [0.15, 0.2) is 15.8 Å². The van der Waals surface area contributed by atoms with Crippen molar-refractivity contribution < 1.29 is 9.53 Å². The first kappa shape index (κ1) is 15.8. The number of hydrogen-bond donors (Lipinski definition) is 0. The number of aromatic nitrogens is 2. The monoisotopic (exact) mass is 278 g/mol. The molecule has 0 aliphatic carbocycles. The van der Waals surface area contributed by atoms with Gasteiger partial charge in [0.1, 0.15) is 0 Å². The number of hydrogen-bond acceptors (Lipinski definition) is 4. The van der Waals surface area contributed by atoms with E-state index in [0.717, 1.165) is 4.57 Å². The predicted octanol–water partition coefficient (Wildman–Crippen LogP) is 0.498. The molecule has 0 amide bonds. The molecule has 0 fully saturated rings. The number of carbonyl (C=O) groups is 1. The highest BCUT2D eigenvalue weighted by molar-refractivity contribution is 5.75. The summed E-state index contributed by atoms with van der Waals surface area (Å²) in [4.78, 5) is 35.6. The van der Waals surface area contributed by atoms with Crippen LogP contribution in [0, 0.1) is 24.7 Å². The Labute approximate surface area is 117 Å². The molecule has 0 atom stereocenters. The van der Waals surface area contributed by atoms with E-state index in [-0.39, 0.29) is 6.54 Å². The zero-order valence-electron chi connectivity index (χ0n) is 12.1. The quantitative estimate of drug-likeness (QED) is 0.596. The molecule has 0 unspecified atom stereocenters. The predicted molar refractivity (Wildman–Crippen MR) is 74.1 cm³/mol. The van der Waals surface area contributed by atoms with Gasteiger partial charge in [0.15, 0.2) is 6.73 Å². The van der Waals surface area contributed by atoms with Crippen molar-refractivity contribution in [3.05, 3.63) is 32.6 Å². The lowest BCUT2D eigenvalue weighted by Crippen LogP contribution is -2.42. The Hall–Kier alpha value is -2.29. The van der Waals surface area contributed by atoms with Gasteiger partial charge >= 0.3 is 11.7 Å². The molecule has 0 aliphatic heterocycles. The molecule has 0 saturated carbocycles. The molecule has 1 aromatic heterocycles. The number of terminal acetylenes is 1. The number of aryl methyl sites for hydroxylation is 1. The van der Waals surface area contributed by atoms with Crippen LogP contribution >= 0.6 is 0 Å². The van der Waals surface area contributed by atoms with E-state index >= 15 is 0 Å². The van der Waals surface area contributed by atoms with Gasteiger partial charge in [0.25, 0.3) is 5.56 Å². The Morgan fingerprint density at radius 2 is 2.00 bits per heavy atom. The molecule has 0 bridgehead atoms. The second-order valence-corrected chi connectivity index (χ2v) is 5.47. The van der Waals surface area contributed by atoms with E-state index < -0.39 is 29.4 Å². The lowest BCUT2D eigenvalue weighted by molar-refractivity contribution is -0.157. The Morgan fingerprint density at radius 1 is 1.40 bits per heavy atom. The zero-order valence-corrected chi connectivity index (χ0v) is 12.1. The van der Waals surface area contributed by atoms with Crippen molar-refractivity contribution in [3.8, 4) is 12.3 Å². The van der Waals surface area contributed by atoms with E-state index in [9.17, 15) is 14.4 Å². The summed E-state index contributed by atoms with van der Waals surface area (Å²) in [6.07, 6.45) is 6.56. The summed E-state index contributed by atoms with van der Waals surface area (Å²) in [6.45, 7) is 6.25. The van der Waals surface area contributed by atoms with Gasteiger partial charge < -0.3 is 4.74 Å². The van der Waals surface area contributed by atoms with Crippen LogP contribution in [0.25, 0.3) is 0 Å². The fourth-order valence-corrected chi connectivity index (χ4v) is 1.46. The van der Waals surface area contributed by atoms with E-state index in [1.165, 1.54) is 10.8 Å². The maximum atomic E-state index is 12.0. The molecule has 1 aromatic rings. The molecule has 0 spiro atoms. The van der Waals surface area contributed by atoms with E-state index in [1.54, 1.807) is 27.7 Å². The molecule has 1 heterocycles. The highest BCUT2D eigenvalue weighted by Gasteiger charge is 2.23. The van der Waals surface area contributed by atoms with E-state index in [1.807, 2.05) is 0 Å². The second kappa shape index (κ2) is 5.78. The van der Waals surface area contributed by atoms with Gasteiger partial charge in [0.05, 0.1) is 12.0 Å². The summed E-state index contributed by atoms with van der Waals surface area (Å²) in [5.41, 5.74) is -1.44. The van der Waals surface area contributed by atoms with Crippen molar-refractivity contribution >= 4 is 5.97 Å². The molecular formula is C14H18N2O4. The molecule has 1 rings (SSSR count). The Morgan fingerprint density at radius 3 is 2.50 bits per heavy atom. The van der Waals surface area contributed by atoms with E-state index in [0.29, 0.717) is 5.56 Å². The van der Waals surface area contributed by atoms with Gasteiger partial charge in [0.2, 0.25) is 0 Å². The van der Waals surface area contributed by atoms with Gasteiger partial charge in [-0.3, -0.25) is 14.2 Å². The highest BCUT2D eigenvalue weighted by atomic mass is 16.5. The molecule has 0 aromatic carbocycles. The zero-order chi connectivity index (χ0) is 15.5. The van der Waals surface area contributed by atoms with Crippen molar-refractivity contribution in [2.45, 2.75) is 41.0 Å². The lowest BCUT2D eigenvalue weighted by atomic mass is 9.98. The Bertz CT molecular complexity index is 668. The minimum absolute atomic E-state index is 0.0488. The maximum Gasteiger partial charge on any atom is 0.334 e. The van der Waals surface area contributed by atoms with Gasteiger partial charge in [-0.2, -0.15) is 0 Å². The minimum atomic E-state index is -0.703. The maximum absolute atomic E-state index is 12.0. The molecule has 0 radical (unpaired) electrons. The van der Waals surface area contributed by atoms with Crippen LogP contribution in [0.2, 0.25) is 0 Å². The van der Waals surface area contributed by atoms with Crippen LogP contribution in [0.3, 0.4) is 0 Å². The van der Waals surface area contributed by atoms with Crippen LogP contribution in [0.4, 0.5) is 0 Å². The third-order valence-electron chi connectivity index (χ3n) is 2.61. The molecular weight excluding hydrogens is 260 g/mol. The summed E-state index contributed by atoms with van der Waals surface area (Å²) in [7, 11) is 0. The number of carbonyl (C=O) groups excluding carboxylic acids is 1. The van der Waals surface area contributed by atoms with Crippen molar-refractivity contribution in [2.24, 2.45) is 5.41 Å². The normalized spacial score (nSPS) is 10.9. The van der Waals surface area contributed by atoms with Crippen LogP contribution in [0.1, 0.15) is 26.3 Å². The average molecular weight is 278 g/mol. The molecule has 6 nitrogen and oxygen atoms in total. The van der Waals surface area contributed by atoms with Gasteiger partial charge in [-0.05, 0) is 27.7 Å². The van der Waals surface area contributed by atoms with Crippen molar-refractivity contribution in [3.63, 3.8) is 0 Å². The minimum Gasteiger partial charge on any atom is -0.443 e. The number of esters is 1. The number of rotatable bonds is 3. The third-order valence-corrected chi connectivity index (χ3v) is 2.61. The van der Waals surface area contributed by atoms with Gasteiger partial charge in [-0.25, -0.2) is 9.36 Å². The summed E-state index contributed by atoms with van der Waals surface area (Å²) in [5.74, 6) is 1.84. The van der Waals surface area contributed by atoms with Crippen molar-refractivity contribution in [1.29, 1.82) is 0 Å². The largest absolute Gasteiger partial charge is 0.443 e. The molecule has 6 heteroatoms. The van der Waals surface area contributed by atoms with Gasteiger partial charge in [-0.1, -0.05) is 5.92 Å². The third kappa shape index (κ3) is 3.38. The van der Waals surface area contributed by atoms with Gasteiger partial charge in [0, 0.05) is 11.8 Å². The molecule has 0 N–H and O–H groups in total. The van der Waals surface area contributed by atoms with Crippen LogP contribution in [0.5, 0.6) is 0 Å². The Kier molecular flexibility index (Phi) is 4.56. The lowest BCUT2D eigenvalue weighted by Gasteiger charge is -2.17. The number of ether oxygens (including phenoxy) is 1. The molecule has 0 saturated heterocycles. The van der Waals surface area contributed by atoms with E-state index in [2.05, 4.69) is 5.92 Å². The summed E-state index contributed by atoms with van der Waals surface area (Å²) < 4.78 is 7.08. The number of nitrogens with zero attached hydrogens (tertiary/aromatic N) is 2. The van der Waals surface area contributed by atoms with Gasteiger partial charge in [-0.15, -0.1) is 6.42 Å². The smallest absolute Gasteiger partial charge is 0.334 e. The van der Waals surface area contributed by atoms with Crippen molar-refractivity contribution in [1.82, 2.24) is 9.13 Å².